The predicted octanol–water partition coefficient (Wildman–Crippen LogP) is 3.91. The number of hydrogen-bond donors (Lipinski definition) is 0. The lowest BCUT2D eigenvalue weighted by atomic mass is 9.76. The van der Waals surface area contributed by atoms with E-state index in [1.807, 2.05) is 0 Å². The van der Waals surface area contributed by atoms with Crippen LogP contribution in [0.2, 0.25) is 0 Å². The predicted molar refractivity (Wildman–Crippen MR) is 68.3 cm³/mol. The summed E-state index contributed by atoms with van der Waals surface area (Å²) in [5.41, 5.74) is 0. The van der Waals surface area contributed by atoms with Crippen LogP contribution in [-0.2, 0) is 4.79 Å². The third-order valence-corrected chi connectivity index (χ3v) is 4.52. The van der Waals surface area contributed by atoms with Gasteiger partial charge >= 0.3 is 0 Å². The average molecular weight is 228 g/mol. The number of carbonyl (C=O) groups excluding carboxylic acids is 1. The van der Waals surface area contributed by atoms with Crippen molar-refractivity contribution in [2.45, 2.75) is 58.1 Å². The van der Waals surface area contributed by atoms with Crippen molar-refractivity contribution in [3.05, 3.63) is 0 Å². The van der Waals surface area contributed by atoms with Crippen molar-refractivity contribution in [1.82, 2.24) is 0 Å². The Morgan fingerprint density at radius 3 is 2.60 bits per heavy atom. The molecule has 0 radical (unpaired) electrons. The molecule has 1 rings (SSSR count). The molecule has 15 heavy (non-hydrogen) atoms. The van der Waals surface area contributed by atoms with Gasteiger partial charge in [0.25, 0.3) is 0 Å². The molecule has 88 valence electrons. The van der Waals surface area contributed by atoms with Crippen LogP contribution in [-0.4, -0.2) is 16.8 Å². The number of thioether (sulfide) groups is 1. The zero-order valence-electron chi connectivity index (χ0n) is 10.3. The van der Waals surface area contributed by atoms with Gasteiger partial charge in [-0.3, -0.25) is 4.79 Å². The molecule has 0 amide bonds. The van der Waals surface area contributed by atoms with Crippen LogP contribution < -0.4 is 0 Å². The molecule has 0 bridgehead atoms. The van der Waals surface area contributed by atoms with Gasteiger partial charge in [-0.05, 0) is 24.0 Å². The fourth-order valence-electron chi connectivity index (χ4n) is 2.48. The number of ketones is 1. The lowest BCUT2D eigenvalue weighted by molar-refractivity contribution is -0.123. The van der Waals surface area contributed by atoms with Crippen LogP contribution in [0.5, 0.6) is 0 Å². The molecule has 0 N–H and O–H groups in total. The van der Waals surface area contributed by atoms with Crippen molar-refractivity contribution >= 4 is 17.5 Å². The first-order chi connectivity index (χ1) is 7.15. The minimum Gasteiger partial charge on any atom is -0.298 e. The standard InChI is InChI=1S/C13H24OS/c1-4-11-7-5-6-8-12(11)13(14)9-15-10(2)3/h10-12H,4-9H2,1-3H3. The summed E-state index contributed by atoms with van der Waals surface area (Å²) in [4.78, 5) is 12.1. The third-order valence-electron chi connectivity index (χ3n) is 3.41. The molecule has 0 aliphatic heterocycles. The Bertz CT molecular complexity index is 201. The topological polar surface area (TPSA) is 17.1 Å². The molecule has 0 aromatic heterocycles. The third kappa shape index (κ3) is 4.18. The zero-order chi connectivity index (χ0) is 11.3. The molecule has 1 saturated carbocycles. The molecule has 2 heteroatoms. The van der Waals surface area contributed by atoms with Crippen LogP contribution in [0.4, 0.5) is 0 Å². The van der Waals surface area contributed by atoms with Crippen molar-refractivity contribution in [1.29, 1.82) is 0 Å². The number of carbonyl (C=O) groups is 1. The van der Waals surface area contributed by atoms with Gasteiger partial charge in [0.1, 0.15) is 5.78 Å². The Balaban J connectivity index is 2.41. The Labute approximate surface area is 98.4 Å². The van der Waals surface area contributed by atoms with E-state index in [4.69, 9.17) is 0 Å². The lowest BCUT2D eigenvalue weighted by Crippen LogP contribution is -2.28. The first-order valence-electron chi connectivity index (χ1n) is 6.29. The molecule has 2 unspecified atom stereocenters. The summed E-state index contributed by atoms with van der Waals surface area (Å²) in [5, 5.41) is 0.581. The SMILES string of the molecule is CCC1CCCCC1C(=O)CSC(C)C. The van der Waals surface area contributed by atoms with E-state index in [0.717, 1.165) is 12.2 Å². The Kier molecular flexibility index (Phi) is 5.73. The summed E-state index contributed by atoms with van der Waals surface area (Å²) in [6.45, 7) is 6.55. The van der Waals surface area contributed by atoms with Crippen molar-refractivity contribution in [2.75, 3.05) is 5.75 Å². The average Bonchev–Trinajstić information content (AvgIpc) is 2.25. The Morgan fingerprint density at radius 1 is 1.33 bits per heavy atom. The van der Waals surface area contributed by atoms with Gasteiger partial charge in [0, 0.05) is 5.92 Å². The van der Waals surface area contributed by atoms with Crippen molar-refractivity contribution in [3.63, 3.8) is 0 Å². The molecule has 0 heterocycles. The molecule has 0 spiro atoms. The van der Waals surface area contributed by atoms with Gasteiger partial charge in [0.15, 0.2) is 0 Å². The van der Waals surface area contributed by atoms with Gasteiger partial charge in [0.05, 0.1) is 5.75 Å². The van der Waals surface area contributed by atoms with Crippen LogP contribution in [0, 0.1) is 11.8 Å². The molecule has 1 fully saturated rings. The quantitative estimate of drug-likeness (QED) is 0.709. The summed E-state index contributed by atoms with van der Waals surface area (Å²) in [5.74, 6) is 2.31. The first-order valence-corrected chi connectivity index (χ1v) is 7.34. The monoisotopic (exact) mass is 228 g/mol. The summed E-state index contributed by atoms with van der Waals surface area (Å²) in [7, 11) is 0. The van der Waals surface area contributed by atoms with Crippen LogP contribution in [0.25, 0.3) is 0 Å². The van der Waals surface area contributed by atoms with Gasteiger partial charge in [-0.15, -0.1) is 0 Å². The number of rotatable bonds is 5. The van der Waals surface area contributed by atoms with Gasteiger partial charge in [0.2, 0.25) is 0 Å². The minimum atomic E-state index is 0.384. The van der Waals surface area contributed by atoms with E-state index in [-0.39, 0.29) is 0 Å². The molecule has 2 atom stereocenters. The van der Waals surface area contributed by atoms with Gasteiger partial charge in [-0.25, -0.2) is 0 Å². The van der Waals surface area contributed by atoms with Gasteiger partial charge in [-0.1, -0.05) is 40.0 Å². The second kappa shape index (κ2) is 6.57. The molecular weight excluding hydrogens is 204 g/mol. The van der Waals surface area contributed by atoms with Crippen LogP contribution in [0.1, 0.15) is 52.9 Å². The second-order valence-corrected chi connectivity index (χ2v) is 6.45. The molecule has 0 aromatic rings. The van der Waals surface area contributed by atoms with E-state index in [1.54, 1.807) is 11.8 Å². The van der Waals surface area contributed by atoms with Crippen molar-refractivity contribution in [2.24, 2.45) is 11.8 Å². The number of Topliss-reactive ketones (excluding diaryl/α,β-unsaturated/α-hetero) is 1. The van der Waals surface area contributed by atoms with Crippen LogP contribution in [0.3, 0.4) is 0 Å². The lowest BCUT2D eigenvalue weighted by Gasteiger charge is -2.29. The Hall–Kier alpha value is 0.0200. The molecule has 0 aromatic carbocycles. The minimum absolute atomic E-state index is 0.384. The van der Waals surface area contributed by atoms with Crippen molar-refractivity contribution < 1.29 is 4.79 Å². The van der Waals surface area contributed by atoms with E-state index in [1.165, 1.54) is 25.7 Å². The molecule has 0 saturated heterocycles. The second-order valence-electron chi connectivity index (χ2n) is 4.89. The highest BCUT2D eigenvalue weighted by Gasteiger charge is 2.29. The maximum Gasteiger partial charge on any atom is 0.146 e. The normalized spacial score (nSPS) is 26.9. The largest absolute Gasteiger partial charge is 0.298 e. The van der Waals surface area contributed by atoms with Crippen LogP contribution >= 0.6 is 11.8 Å². The van der Waals surface area contributed by atoms with Crippen LogP contribution in [0.15, 0.2) is 0 Å². The number of hydrogen-bond acceptors (Lipinski definition) is 2. The van der Waals surface area contributed by atoms with Gasteiger partial charge in [-0.2, -0.15) is 11.8 Å². The van der Waals surface area contributed by atoms with Crippen molar-refractivity contribution in [3.8, 4) is 0 Å². The molecule has 1 aliphatic carbocycles. The fraction of sp³-hybridized carbons (Fsp3) is 0.923. The fourth-order valence-corrected chi connectivity index (χ4v) is 3.19. The maximum atomic E-state index is 12.1. The zero-order valence-corrected chi connectivity index (χ0v) is 11.1. The smallest absolute Gasteiger partial charge is 0.146 e. The summed E-state index contributed by atoms with van der Waals surface area (Å²) >= 11 is 1.80. The highest BCUT2D eigenvalue weighted by molar-refractivity contribution is 8.00. The molecule has 1 nitrogen and oxygen atoms in total. The molecular formula is C13H24OS. The van der Waals surface area contributed by atoms with E-state index in [0.29, 0.717) is 22.9 Å². The van der Waals surface area contributed by atoms with E-state index >= 15 is 0 Å². The summed E-state index contributed by atoms with van der Waals surface area (Å²) in [6, 6.07) is 0. The van der Waals surface area contributed by atoms with E-state index in [9.17, 15) is 4.79 Å². The Morgan fingerprint density at radius 2 is 2.00 bits per heavy atom. The highest BCUT2D eigenvalue weighted by Crippen LogP contribution is 2.33. The first kappa shape index (κ1) is 13.1. The summed E-state index contributed by atoms with van der Waals surface area (Å²) in [6.07, 6.45) is 6.21. The maximum absolute atomic E-state index is 12.1. The highest BCUT2D eigenvalue weighted by atomic mass is 32.2. The molecule has 1 aliphatic rings. The van der Waals surface area contributed by atoms with E-state index < -0.39 is 0 Å². The van der Waals surface area contributed by atoms with E-state index in [2.05, 4.69) is 20.8 Å². The summed E-state index contributed by atoms with van der Waals surface area (Å²) < 4.78 is 0. The van der Waals surface area contributed by atoms with Gasteiger partial charge < -0.3 is 0 Å².